The number of hydrogen-bond donors (Lipinski definition) is 9. The van der Waals surface area contributed by atoms with Crippen molar-refractivity contribution in [2.75, 3.05) is 142 Å². The summed E-state index contributed by atoms with van der Waals surface area (Å²) in [5.74, 6) is -2.09. The molecule has 5 atom stereocenters. The summed E-state index contributed by atoms with van der Waals surface area (Å²) in [6, 6.07) is 77.4. The molecule has 0 bridgehead atoms. The van der Waals surface area contributed by atoms with Gasteiger partial charge in [0.15, 0.2) is 1.05 Å². The van der Waals surface area contributed by atoms with E-state index in [9.17, 15) is 31.9 Å². The van der Waals surface area contributed by atoms with Crippen LogP contribution in [-0.2, 0) is 63.3 Å². The fourth-order valence-electron chi connectivity index (χ4n) is 11.1. The largest absolute Gasteiger partial charge is 0.478 e. The second kappa shape index (κ2) is 77.2. The second-order valence-corrected chi connectivity index (χ2v) is 44.8. The van der Waals surface area contributed by atoms with E-state index < -0.39 is 87.6 Å². The van der Waals surface area contributed by atoms with Crippen molar-refractivity contribution < 1.29 is 95.5 Å². The number of ether oxygens (including phenoxy) is 4. The third-order valence-electron chi connectivity index (χ3n) is 17.8. The lowest BCUT2D eigenvalue weighted by atomic mass is 10.2. The van der Waals surface area contributed by atoms with Crippen LogP contribution in [0.5, 0.6) is 0 Å². The normalized spacial score (nSPS) is 17.6. The molecule has 11 aromatic carbocycles. The summed E-state index contributed by atoms with van der Waals surface area (Å²) < 4.78 is 192. The van der Waals surface area contributed by atoms with Crippen LogP contribution in [0.1, 0.15) is 68.5 Å². The maximum absolute atomic E-state index is 12.9. The van der Waals surface area contributed by atoms with Gasteiger partial charge in [0, 0.05) is 158 Å². The predicted molar refractivity (Wildman–Crippen MR) is 579 cm³/mol. The Morgan fingerprint density at radius 3 is 1.17 bits per heavy atom. The molecule has 11 aromatic rings. The first kappa shape index (κ1) is 104. The molecule has 5 unspecified atom stereocenters. The van der Waals surface area contributed by atoms with E-state index in [0.717, 1.165) is 30.9 Å². The average Bonchev–Trinajstić information content (AvgIpc) is 1.00. The topological polar surface area (TPSA) is 304 Å². The van der Waals surface area contributed by atoms with E-state index >= 15 is 0 Å². The third-order valence-corrected chi connectivity index (χ3v) is 22.5. The lowest BCUT2D eigenvalue weighted by Gasteiger charge is -2.32. The zero-order valence-corrected chi connectivity index (χ0v) is 88.9. The van der Waals surface area contributed by atoms with Crippen LogP contribution in [0.15, 0.2) is 290 Å². The molecule has 4 fully saturated rings. The number of carboxylic acids is 1. The zero-order chi connectivity index (χ0) is 115. The van der Waals surface area contributed by atoms with E-state index in [-0.39, 0.29) is 93.8 Å². The Morgan fingerprint density at radius 1 is 0.507 bits per heavy atom. The number of aliphatic hydroxyl groups excluding tert-OH is 4. The van der Waals surface area contributed by atoms with Crippen molar-refractivity contribution in [2.45, 2.75) is 75.9 Å². The minimum Gasteiger partial charge on any atom is -0.478 e. The zero-order valence-electron chi connectivity index (χ0n) is 89.6. The lowest BCUT2D eigenvalue weighted by Crippen LogP contribution is -2.45. The molecule has 0 amide bonds. The van der Waals surface area contributed by atoms with Gasteiger partial charge in [-0.05, 0) is 241 Å². The number of morpholine rings is 3. The monoisotopic (exact) mass is 2410 g/mol. The molecular formula is C102H121Br5Cl6F5N10O11P. The SMILES string of the molecule is BrC(Br)(Br)Br.ClCC1CO1.NCCO.O=C(O)c1ccc(F)cc1.[2H]C([2H])(Br)c1ccc(F)cc1.[2H]C([2H])(NCCO)c1ccc(F)cc1.[2H]C([2H])(O)c1ccc(F)cc1.[2H]C([2H])(c1ccc(Cl)cc1)N1CCOC(CCl)C1.[2H]C([2H])(c1ccc(Cl)cc1)N1CCOC(CN)C1.[2H]C([2H])(c1ccc(Cl)cc1)N1CCOC(CN=[N+]=[N-])C1.[2H]C([2H])(c1ccc(F)cc1)N(CCO)CC(O)CCl.c1ccc(P(c2ccccc2)c2ccccc2)cc1. The number of carbonyl (C=O) groups is 1. The number of carboxylic acid groups (broad SMARTS) is 1. The summed E-state index contributed by atoms with van der Waals surface area (Å²) in [5.41, 5.74) is 21.6. The summed E-state index contributed by atoms with van der Waals surface area (Å²) in [4.78, 5) is 19.4. The Hall–Kier alpha value is -6.22. The van der Waals surface area contributed by atoms with Crippen molar-refractivity contribution in [3.8, 4) is 0 Å². The standard InChI is InChI=1S/C18H15P.C12H15Cl2NO.C12H17ClFNO2.C12H15ClN4O.C12H17ClN2O.C9H12FNO.C7H6BrF.C7H5FO2.C7H7FO.C3H5ClO.C2H7NO.CBr4/c1-4-10-16(11-5-1)19(17-12-6-2-7-13-17)18-14-8-3-9-15-18;13-7-12-9-15(5-6-16-12)8-10-1-3-11(14)4-2-10;13-7-12(17)9-15(5-6-16)8-10-1-3-11(14)4-2-10;13-11-3-1-10(2-4-11)8-17-5-6-18-12(9-17)7-15-16-14;13-11-3-1-10(2-4-11)8-15-5-6-16-12(7-14)9-15;10-9-3-1-8(2-4-9)7-11-5-6-12;8-5-6-1-3-7(9)4-2-6;8-6-3-1-5(2-4-6)7(9)10;8-7-3-1-6(5-9)2-4-7;4-1-3-2-5-3;3-1-2-4;2-1(3,4)5/h1-15H;1-4,12H,5-9H2;1-4,12,16-17H,5-9H2;1-4,12H,5-9H2;1-4,12H,5-9,14H2;1-4,11-12H,5-7H2;1-4H,5H2;1-4H,(H,9,10);1-4,9H,5H2;3H,1-2H2;4H,1-3H2;/i;4*8D2;7D2;5D2;;5D2;;;. The third kappa shape index (κ3) is 61.3. The number of hydrogen-bond acceptors (Lipinski definition) is 18. The molecule has 0 saturated carbocycles. The van der Waals surface area contributed by atoms with Crippen LogP contribution < -0.4 is 32.7 Å². The number of nitrogens with two attached hydrogens (primary N) is 2. The fourth-order valence-corrected chi connectivity index (χ4v) is 14.5. The number of epoxide rings is 1. The first-order valence-corrected chi connectivity index (χ1v) is 50.9. The maximum atomic E-state index is 12.9. The van der Waals surface area contributed by atoms with Crippen LogP contribution in [0.3, 0.4) is 0 Å². The summed E-state index contributed by atoms with van der Waals surface area (Å²) in [7, 11) is -0.446. The quantitative estimate of drug-likeness (QED) is 0.00400. The molecule has 4 aliphatic heterocycles. The highest BCUT2D eigenvalue weighted by Gasteiger charge is 2.24. The molecule has 21 nitrogen and oxygen atoms in total. The highest BCUT2D eigenvalue weighted by Crippen LogP contribution is 2.39. The molecule has 4 heterocycles. The second-order valence-electron chi connectivity index (χ2n) is 28.8. The minimum absolute atomic E-state index is 0.0194. The first-order valence-electron chi connectivity index (χ1n) is 49.8. The highest BCUT2D eigenvalue weighted by atomic mass is 80.0. The van der Waals surface area contributed by atoms with Crippen LogP contribution in [0.2, 0.25) is 15.1 Å². The number of alkyl halides is 8. The number of benzene rings is 11. The van der Waals surface area contributed by atoms with E-state index in [0.29, 0.717) is 133 Å². The van der Waals surface area contributed by atoms with Crippen molar-refractivity contribution in [3.63, 3.8) is 0 Å². The van der Waals surface area contributed by atoms with Gasteiger partial charge in [0.1, 0.15) is 29.1 Å². The van der Waals surface area contributed by atoms with Crippen molar-refractivity contribution >= 4 is 179 Å². The van der Waals surface area contributed by atoms with Gasteiger partial charge < -0.3 is 66.4 Å². The van der Waals surface area contributed by atoms with Gasteiger partial charge in [-0.1, -0.05) is 232 Å². The van der Waals surface area contributed by atoms with Crippen LogP contribution >= 0.6 is 157 Å². The molecule has 11 N–H and O–H groups in total. The van der Waals surface area contributed by atoms with Gasteiger partial charge >= 0.3 is 5.97 Å². The number of halogens is 16. The van der Waals surface area contributed by atoms with Crippen LogP contribution in [0.25, 0.3) is 10.4 Å². The van der Waals surface area contributed by atoms with Gasteiger partial charge in [0.05, 0.1) is 104 Å². The average molecular weight is 2420 g/mol. The van der Waals surface area contributed by atoms with E-state index in [1.807, 2.05) is 0 Å². The van der Waals surface area contributed by atoms with Gasteiger partial charge in [-0.3, -0.25) is 19.6 Å². The number of aliphatic hydroxyl groups is 5. The van der Waals surface area contributed by atoms with E-state index in [4.69, 9.17) is 150 Å². The molecule has 762 valence electrons. The Morgan fingerprint density at radius 2 is 0.850 bits per heavy atom. The molecule has 4 saturated heterocycles. The molecule has 140 heavy (non-hydrogen) atoms. The Balaban J connectivity index is 0.000000357. The summed E-state index contributed by atoms with van der Waals surface area (Å²) in [5, 5.41) is 62.4. The number of azide groups is 1. The van der Waals surface area contributed by atoms with Crippen molar-refractivity contribution in [1.82, 2.24) is 24.9 Å². The van der Waals surface area contributed by atoms with Crippen LogP contribution in [0, 0.1) is 29.1 Å². The Labute approximate surface area is 911 Å². The van der Waals surface area contributed by atoms with Crippen LogP contribution in [0.4, 0.5) is 22.0 Å². The maximum Gasteiger partial charge on any atom is 0.335 e. The minimum atomic E-state index is -2.38. The lowest BCUT2D eigenvalue weighted by molar-refractivity contribution is -0.0261. The molecule has 0 aliphatic carbocycles. The predicted octanol–water partition coefficient (Wildman–Crippen LogP) is 21.0. The van der Waals surface area contributed by atoms with Gasteiger partial charge in [-0.15, -0.1) is 34.8 Å². The summed E-state index contributed by atoms with van der Waals surface area (Å²) in [6.07, 6.45) is -0.980. The van der Waals surface area contributed by atoms with Gasteiger partial charge in [-0.25, -0.2) is 26.7 Å². The number of aromatic carboxylic acids is 1. The van der Waals surface area contributed by atoms with Gasteiger partial charge in [-0.2, -0.15) is 0 Å². The number of nitrogens with zero attached hydrogens (tertiary/aromatic N) is 7. The van der Waals surface area contributed by atoms with Gasteiger partial charge in [0.25, 0.3) is 0 Å². The van der Waals surface area contributed by atoms with Crippen molar-refractivity contribution in [1.29, 1.82) is 0 Å². The van der Waals surface area contributed by atoms with Crippen LogP contribution in [-0.4, -0.2) is 230 Å². The van der Waals surface area contributed by atoms with Crippen molar-refractivity contribution in [2.24, 2.45) is 16.6 Å². The Bertz CT molecular complexity index is 5520. The molecule has 38 heteroatoms. The van der Waals surface area contributed by atoms with Crippen molar-refractivity contribution in [3.05, 3.63) is 384 Å². The highest BCUT2D eigenvalue weighted by molar-refractivity contribution is 9.52. The number of nitrogens with one attached hydrogen (secondary N) is 1. The fraction of sp³-hybridized carbons (Fsp3) is 0.343. The first-order chi connectivity index (χ1) is 72.6. The molecule has 15 rings (SSSR count). The molecule has 0 aromatic heterocycles. The summed E-state index contributed by atoms with van der Waals surface area (Å²) in [6.45, 7) is -4.53. The van der Waals surface area contributed by atoms with Gasteiger partial charge in [0.2, 0.25) is 0 Å². The molecule has 0 spiro atoms. The van der Waals surface area contributed by atoms with E-state index in [1.165, 1.54) is 118 Å². The summed E-state index contributed by atoms with van der Waals surface area (Å²) >= 11 is 49.3. The number of rotatable bonds is 29. The van der Waals surface area contributed by atoms with E-state index in [1.54, 1.807) is 87.5 Å². The molecule has 0 radical (unpaired) electrons. The smallest absolute Gasteiger partial charge is 0.335 e. The molecular weight excluding hydrogens is 2280 g/mol. The van der Waals surface area contributed by atoms with E-state index in [2.05, 4.69) is 186 Å². The Kier molecular flexibility index (Phi) is 57.2. The molecule has 4 aliphatic rings.